The van der Waals surface area contributed by atoms with E-state index in [9.17, 15) is 17.6 Å². The van der Waals surface area contributed by atoms with Crippen molar-refractivity contribution in [3.63, 3.8) is 0 Å². The second-order valence-electron chi connectivity index (χ2n) is 6.13. The van der Waals surface area contributed by atoms with E-state index in [0.717, 1.165) is 5.56 Å². The van der Waals surface area contributed by atoms with E-state index >= 15 is 0 Å². The third-order valence-electron chi connectivity index (χ3n) is 4.02. The lowest BCUT2D eigenvalue weighted by atomic mass is 10.1. The molecule has 2 aromatic rings. The maximum atomic E-state index is 13.1. The highest BCUT2D eigenvalue weighted by atomic mass is 32.2. The van der Waals surface area contributed by atoms with Gasteiger partial charge in [0.2, 0.25) is 10.0 Å². The van der Waals surface area contributed by atoms with Crippen LogP contribution in [-0.4, -0.2) is 46.5 Å². The zero-order valence-corrected chi connectivity index (χ0v) is 16.3. The van der Waals surface area contributed by atoms with Gasteiger partial charge in [-0.3, -0.25) is 0 Å². The standard InChI is InChI=1S/C19H23FN2O4S/c1-4-26-19(23)15-7-11-17(12-8-15)27(24,25)21-13-18(22(2)3)14-5-9-16(20)10-6-14/h5-12,18,21H,4,13H2,1-3H3. The van der Waals surface area contributed by atoms with Gasteiger partial charge in [-0.25, -0.2) is 22.3 Å². The molecule has 0 aromatic heterocycles. The Morgan fingerprint density at radius 1 is 1.11 bits per heavy atom. The Morgan fingerprint density at radius 3 is 2.22 bits per heavy atom. The fourth-order valence-corrected chi connectivity index (χ4v) is 3.58. The number of ether oxygens (including phenoxy) is 1. The van der Waals surface area contributed by atoms with Crippen molar-refractivity contribution in [1.29, 1.82) is 0 Å². The van der Waals surface area contributed by atoms with Crippen LogP contribution in [0.2, 0.25) is 0 Å². The lowest BCUT2D eigenvalue weighted by Gasteiger charge is -2.25. The number of carbonyl (C=O) groups excluding carboxylic acids is 1. The molecular weight excluding hydrogens is 371 g/mol. The Kier molecular flexibility index (Phi) is 7.06. The number of likely N-dealkylation sites (N-methyl/N-ethyl adjacent to an activating group) is 1. The van der Waals surface area contributed by atoms with Crippen molar-refractivity contribution in [1.82, 2.24) is 9.62 Å². The predicted molar refractivity (Wildman–Crippen MR) is 100 cm³/mol. The first kappa shape index (κ1) is 21.0. The summed E-state index contributed by atoms with van der Waals surface area (Å²) >= 11 is 0. The Balaban J connectivity index is 2.12. The molecule has 6 nitrogen and oxygen atoms in total. The third-order valence-corrected chi connectivity index (χ3v) is 5.46. The quantitative estimate of drug-likeness (QED) is 0.697. The van der Waals surface area contributed by atoms with Gasteiger partial charge in [-0.05, 0) is 63.0 Å². The third kappa shape index (κ3) is 5.59. The average molecular weight is 394 g/mol. The number of carbonyl (C=O) groups is 1. The molecule has 8 heteroatoms. The molecule has 1 atom stereocenters. The molecule has 2 rings (SSSR count). The summed E-state index contributed by atoms with van der Waals surface area (Å²) < 4.78 is 45.7. The zero-order chi connectivity index (χ0) is 20.0. The van der Waals surface area contributed by atoms with Crippen molar-refractivity contribution >= 4 is 16.0 Å². The maximum absolute atomic E-state index is 13.1. The van der Waals surface area contributed by atoms with E-state index < -0.39 is 16.0 Å². The molecule has 0 spiro atoms. The van der Waals surface area contributed by atoms with E-state index in [2.05, 4.69) is 4.72 Å². The van der Waals surface area contributed by atoms with Crippen LogP contribution >= 0.6 is 0 Å². The lowest BCUT2D eigenvalue weighted by Crippen LogP contribution is -2.34. The largest absolute Gasteiger partial charge is 0.462 e. The minimum absolute atomic E-state index is 0.0483. The molecule has 0 heterocycles. The second-order valence-corrected chi connectivity index (χ2v) is 7.89. The van der Waals surface area contributed by atoms with Gasteiger partial charge in [0.15, 0.2) is 0 Å². The number of sulfonamides is 1. The Morgan fingerprint density at radius 2 is 1.70 bits per heavy atom. The zero-order valence-electron chi connectivity index (χ0n) is 15.5. The first-order chi connectivity index (χ1) is 12.7. The molecule has 0 fully saturated rings. The van der Waals surface area contributed by atoms with Gasteiger partial charge in [0, 0.05) is 12.6 Å². The van der Waals surface area contributed by atoms with E-state index in [1.807, 2.05) is 19.0 Å². The minimum atomic E-state index is -3.76. The molecule has 0 aliphatic rings. The number of hydrogen-bond acceptors (Lipinski definition) is 5. The van der Waals surface area contributed by atoms with Crippen LogP contribution in [0.3, 0.4) is 0 Å². The molecule has 0 aliphatic carbocycles. The molecule has 1 unspecified atom stereocenters. The van der Waals surface area contributed by atoms with Gasteiger partial charge in [-0.2, -0.15) is 0 Å². The van der Waals surface area contributed by atoms with Crippen molar-refractivity contribution < 1.29 is 22.3 Å². The van der Waals surface area contributed by atoms with Crippen LogP contribution in [0.4, 0.5) is 4.39 Å². The van der Waals surface area contributed by atoms with Crippen LogP contribution in [0.1, 0.15) is 28.9 Å². The minimum Gasteiger partial charge on any atom is -0.462 e. The van der Waals surface area contributed by atoms with E-state index in [0.29, 0.717) is 0 Å². The Hall–Kier alpha value is -2.29. The topological polar surface area (TPSA) is 75.7 Å². The molecule has 0 radical (unpaired) electrons. The van der Waals surface area contributed by atoms with Crippen LogP contribution in [0.25, 0.3) is 0 Å². The summed E-state index contributed by atoms with van der Waals surface area (Å²) in [6.07, 6.45) is 0. The number of benzene rings is 2. The van der Waals surface area contributed by atoms with Crippen LogP contribution < -0.4 is 4.72 Å². The number of nitrogens with zero attached hydrogens (tertiary/aromatic N) is 1. The summed E-state index contributed by atoms with van der Waals surface area (Å²) in [6, 6.07) is 11.2. The molecule has 0 saturated heterocycles. The molecular formula is C19H23FN2O4S. The number of esters is 1. The first-order valence-corrected chi connectivity index (χ1v) is 9.91. The number of nitrogens with one attached hydrogen (secondary N) is 1. The molecule has 0 aliphatic heterocycles. The highest BCUT2D eigenvalue weighted by Crippen LogP contribution is 2.19. The fraction of sp³-hybridized carbons (Fsp3) is 0.316. The van der Waals surface area contributed by atoms with Gasteiger partial charge >= 0.3 is 5.97 Å². The van der Waals surface area contributed by atoms with Gasteiger partial charge in [-0.1, -0.05) is 12.1 Å². The van der Waals surface area contributed by atoms with Crippen LogP contribution in [0.5, 0.6) is 0 Å². The number of halogens is 1. The summed E-state index contributed by atoms with van der Waals surface area (Å²) in [7, 11) is -0.131. The summed E-state index contributed by atoms with van der Waals surface area (Å²) in [5.41, 5.74) is 1.08. The molecule has 1 N–H and O–H groups in total. The van der Waals surface area contributed by atoms with Gasteiger partial charge in [0.05, 0.1) is 17.1 Å². The van der Waals surface area contributed by atoms with E-state index in [-0.39, 0.29) is 35.5 Å². The summed E-state index contributed by atoms with van der Waals surface area (Å²) in [5.74, 6) is -0.850. The van der Waals surface area contributed by atoms with Gasteiger partial charge in [-0.15, -0.1) is 0 Å². The molecule has 2 aromatic carbocycles. The lowest BCUT2D eigenvalue weighted by molar-refractivity contribution is 0.0526. The van der Waals surface area contributed by atoms with Crippen LogP contribution in [0.15, 0.2) is 53.4 Å². The van der Waals surface area contributed by atoms with Crippen molar-refractivity contribution in [2.45, 2.75) is 17.9 Å². The van der Waals surface area contributed by atoms with Crippen LogP contribution in [0, 0.1) is 5.82 Å². The van der Waals surface area contributed by atoms with Crippen molar-refractivity contribution in [3.8, 4) is 0 Å². The van der Waals surface area contributed by atoms with Crippen molar-refractivity contribution in [2.75, 3.05) is 27.2 Å². The Bertz CT molecular complexity index is 866. The van der Waals surface area contributed by atoms with Gasteiger partial charge in [0.1, 0.15) is 5.82 Å². The summed E-state index contributed by atoms with van der Waals surface area (Å²) in [6.45, 7) is 2.05. The molecule has 0 saturated carbocycles. The maximum Gasteiger partial charge on any atom is 0.338 e. The normalized spacial score (nSPS) is 12.8. The van der Waals surface area contributed by atoms with Crippen molar-refractivity contribution in [3.05, 3.63) is 65.5 Å². The van der Waals surface area contributed by atoms with Gasteiger partial charge in [0.25, 0.3) is 0 Å². The molecule has 146 valence electrons. The summed E-state index contributed by atoms with van der Waals surface area (Å²) in [5, 5.41) is 0. The summed E-state index contributed by atoms with van der Waals surface area (Å²) in [4.78, 5) is 13.6. The molecule has 27 heavy (non-hydrogen) atoms. The van der Waals surface area contributed by atoms with Crippen LogP contribution in [-0.2, 0) is 14.8 Å². The Labute approximate surface area is 159 Å². The second kappa shape index (κ2) is 9.07. The van der Waals surface area contributed by atoms with E-state index in [1.54, 1.807) is 19.1 Å². The fourth-order valence-electron chi connectivity index (χ4n) is 2.54. The van der Waals surface area contributed by atoms with E-state index in [1.165, 1.54) is 36.4 Å². The number of rotatable bonds is 8. The highest BCUT2D eigenvalue weighted by molar-refractivity contribution is 7.89. The first-order valence-electron chi connectivity index (χ1n) is 8.43. The molecule has 0 bridgehead atoms. The van der Waals surface area contributed by atoms with Gasteiger partial charge < -0.3 is 9.64 Å². The number of hydrogen-bond donors (Lipinski definition) is 1. The average Bonchev–Trinajstić information content (AvgIpc) is 2.63. The highest BCUT2D eigenvalue weighted by Gasteiger charge is 2.20. The van der Waals surface area contributed by atoms with E-state index in [4.69, 9.17) is 4.74 Å². The monoisotopic (exact) mass is 394 g/mol. The van der Waals surface area contributed by atoms with Crippen molar-refractivity contribution in [2.24, 2.45) is 0 Å². The molecule has 0 amide bonds. The smallest absolute Gasteiger partial charge is 0.338 e. The predicted octanol–water partition coefficient (Wildman–Crippen LogP) is 2.58. The SMILES string of the molecule is CCOC(=O)c1ccc(S(=O)(=O)NCC(c2ccc(F)cc2)N(C)C)cc1.